The summed E-state index contributed by atoms with van der Waals surface area (Å²) in [6.45, 7) is 10.9. The number of hydrogen-bond acceptors (Lipinski definition) is 4. The second kappa shape index (κ2) is 6.35. The van der Waals surface area contributed by atoms with E-state index in [9.17, 15) is 0 Å². The SMILES string of the molecule is CCC(C)N1CCN(c2ccc(C(C)N)cn2)CC1. The van der Waals surface area contributed by atoms with Crippen LogP contribution in [0.5, 0.6) is 0 Å². The molecule has 106 valence electrons. The van der Waals surface area contributed by atoms with Crippen molar-refractivity contribution in [1.82, 2.24) is 9.88 Å². The van der Waals surface area contributed by atoms with Crippen LogP contribution >= 0.6 is 0 Å². The van der Waals surface area contributed by atoms with Crippen molar-refractivity contribution in [3.8, 4) is 0 Å². The molecule has 4 nitrogen and oxygen atoms in total. The summed E-state index contributed by atoms with van der Waals surface area (Å²) in [6.07, 6.45) is 3.13. The van der Waals surface area contributed by atoms with Crippen LogP contribution in [0.2, 0.25) is 0 Å². The van der Waals surface area contributed by atoms with Crippen LogP contribution in [0.3, 0.4) is 0 Å². The monoisotopic (exact) mass is 262 g/mol. The van der Waals surface area contributed by atoms with E-state index in [0.29, 0.717) is 6.04 Å². The zero-order chi connectivity index (χ0) is 13.8. The van der Waals surface area contributed by atoms with E-state index in [-0.39, 0.29) is 6.04 Å². The third-order valence-corrected chi connectivity index (χ3v) is 4.15. The summed E-state index contributed by atoms with van der Waals surface area (Å²) in [5.74, 6) is 1.08. The van der Waals surface area contributed by atoms with E-state index < -0.39 is 0 Å². The molecule has 2 heterocycles. The number of nitrogens with zero attached hydrogens (tertiary/aromatic N) is 3. The van der Waals surface area contributed by atoms with Gasteiger partial charge in [0.15, 0.2) is 0 Å². The van der Waals surface area contributed by atoms with Crippen LogP contribution in [0.15, 0.2) is 18.3 Å². The molecule has 1 fully saturated rings. The highest BCUT2D eigenvalue weighted by Gasteiger charge is 2.20. The quantitative estimate of drug-likeness (QED) is 0.902. The summed E-state index contributed by atoms with van der Waals surface area (Å²) >= 11 is 0. The molecule has 19 heavy (non-hydrogen) atoms. The Morgan fingerprint density at radius 3 is 2.37 bits per heavy atom. The maximum absolute atomic E-state index is 5.85. The molecule has 2 atom stereocenters. The molecule has 4 heteroatoms. The molecule has 0 spiro atoms. The summed E-state index contributed by atoms with van der Waals surface area (Å²) in [5, 5.41) is 0. The minimum atomic E-state index is 0.0591. The van der Waals surface area contributed by atoms with Crippen molar-refractivity contribution in [3.63, 3.8) is 0 Å². The first-order chi connectivity index (χ1) is 9.11. The second-order valence-corrected chi connectivity index (χ2v) is 5.52. The highest BCUT2D eigenvalue weighted by atomic mass is 15.3. The minimum Gasteiger partial charge on any atom is -0.354 e. The van der Waals surface area contributed by atoms with Crippen molar-refractivity contribution in [2.45, 2.75) is 39.3 Å². The lowest BCUT2D eigenvalue weighted by atomic mass is 10.1. The third kappa shape index (κ3) is 3.45. The normalized spacial score (nSPS) is 20.3. The van der Waals surface area contributed by atoms with Gasteiger partial charge in [0.25, 0.3) is 0 Å². The number of piperazine rings is 1. The number of anilines is 1. The number of hydrogen-bond donors (Lipinski definition) is 1. The first-order valence-corrected chi connectivity index (χ1v) is 7.32. The summed E-state index contributed by atoms with van der Waals surface area (Å²) in [5.41, 5.74) is 6.95. The van der Waals surface area contributed by atoms with Gasteiger partial charge in [0.1, 0.15) is 5.82 Å². The largest absolute Gasteiger partial charge is 0.354 e. The van der Waals surface area contributed by atoms with Crippen LogP contribution in [0.4, 0.5) is 5.82 Å². The first kappa shape index (κ1) is 14.3. The number of pyridine rings is 1. The van der Waals surface area contributed by atoms with E-state index in [1.807, 2.05) is 13.1 Å². The van der Waals surface area contributed by atoms with Crippen LogP contribution in [0.1, 0.15) is 38.8 Å². The highest BCUT2D eigenvalue weighted by Crippen LogP contribution is 2.17. The molecule has 1 aromatic rings. The molecule has 1 aromatic heterocycles. The van der Waals surface area contributed by atoms with Gasteiger partial charge in [-0.3, -0.25) is 4.90 Å². The van der Waals surface area contributed by atoms with Crippen molar-refractivity contribution in [2.75, 3.05) is 31.1 Å². The Kier molecular flexibility index (Phi) is 4.77. The lowest BCUT2D eigenvalue weighted by molar-refractivity contribution is 0.192. The fraction of sp³-hybridized carbons (Fsp3) is 0.667. The Balaban J connectivity index is 1.94. The van der Waals surface area contributed by atoms with Crippen LogP contribution in [0.25, 0.3) is 0 Å². The highest BCUT2D eigenvalue weighted by molar-refractivity contribution is 5.40. The van der Waals surface area contributed by atoms with Gasteiger partial charge in [-0.2, -0.15) is 0 Å². The lowest BCUT2D eigenvalue weighted by Gasteiger charge is -2.38. The van der Waals surface area contributed by atoms with Crippen LogP contribution in [0, 0.1) is 0 Å². The van der Waals surface area contributed by atoms with Gasteiger partial charge in [-0.25, -0.2) is 4.98 Å². The van der Waals surface area contributed by atoms with E-state index in [4.69, 9.17) is 5.73 Å². The molecular weight excluding hydrogens is 236 g/mol. The average Bonchev–Trinajstić information content (AvgIpc) is 2.46. The predicted molar refractivity (Wildman–Crippen MR) is 80.4 cm³/mol. The molecule has 0 bridgehead atoms. The van der Waals surface area contributed by atoms with Crippen molar-refractivity contribution < 1.29 is 0 Å². The Morgan fingerprint density at radius 1 is 1.21 bits per heavy atom. The molecule has 2 rings (SSSR count). The number of aromatic nitrogens is 1. The van der Waals surface area contributed by atoms with Gasteiger partial charge in [0.05, 0.1) is 0 Å². The minimum absolute atomic E-state index is 0.0591. The molecular formula is C15H26N4. The molecule has 0 amide bonds. The third-order valence-electron chi connectivity index (χ3n) is 4.15. The predicted octanol–water partition coefficient (Wildman–Crippen LogP) is 2.02. The maximum Gasteiger partial charge on any atom is 0.128 e. The van der Waals surface area contributed by atoms with Crippen LogP contribution in [-0.2, 0) is 0 Å². The summed E-state index contributed by atoms with van der Waals surface area (Å²) in [7, 11) is 0. The molecule has 2 unspecified atom stereocenters. The first-order valence-electron chi connectivity index (χ1n) is 7.32. The summed E-state index contributed by atoms with van der Waals surface area (Å²) in [6, 6.07) is 4.94. The van der Waals surface area contributed by atoms with Gasteiger partial charge in [-0.05, 0) is 31.9 Å². The van der Waals surface area contributed by atoms with E-state index >= 15 is 0 Å². The van der Waals surface area contributed by atoms with E-state index in [2.05, 4.69) is 40.8 Å². The molecule has 0 saturated carbocycles. The van der Waals surface area contributed by atoms with Gasteiger partial charge in [0, 0.05) is 44.5 Å². The topological polar surface area (TPSA) is 45.4 Å². The summed E-state index contributed by atoms with van der Waals surface area (Å²) < 4.78 is 0. The fourth-order valence-electron chi connectivity index (χ4n) is 2.50. The second-order valence-electron chi connectivity index (χ2n) is 5.52. The fourth-order valence-corrected chi connectivity index (χ4v) is 2.50. The van der Waals surface area contributed by atoms with Gasteiger partial charge in [-0.15, -0.1) is 0 Å². The van der Waals surface area contributed by atoms with E-state index in [1.54, 1.807) is 0 Å². The maximum atomic E-state index is 5.85. The number of nitrogens with two attached hydrogens (primary N) is 1. The molecule has 1 aliphatic heterocycles. The van der Waals surface area contributed by atoms with E-state index in [0.717, 1.165) is 37.6 Å². The molecule has 1 aliphatic rings. The molecule has 0 aromatic carbocycles. The van der Waals surface area contributed by atoms with Crippen molar-refractivity contribution >= 4 is 5.82 Å². The van der Waals surface area contributed by atoms with Gasteiger partial charge >= 0.3 is 0 Å². The Bertz CT molecular complexity index is 380. The number of rotatable bonds is 4. The van der Waals surface area contributed by atoms with Gasteiger partial charge in [-0.1, -0.05) is 13.0 Å². The molecule has 0 aliphatic carbocycles. The Hall–Kier alpha value is -1.13. The van der Waals surface area contributed by atoms with E-state index in [1.165, 1.54) is 6.42 Å². The average molecular weight is 262 g/mol. The lowest BCUT2D eigenvalue weighted by Crippen LogP contribution is -2.49. The van der Waals surface area contributed by atoms with Gasteiger partial charge in [0.2, 0.25) is 0 Å². The molecule has 0 radical (unpaired) electrons. The standard InChI is InChI=1S/C15H26N4/c1-4-12(2)18-7-9-19(10-8-18)15-6-5-14(11-17-15)13(3)16/h5-6,11-13H,4,7-10,16H2,1-3H3. The van der Waals surface area contributed by atoms with Crippen molar-refractivity contribution in [2.24, 2.45) is 5.73 Å². The van der Waals surface area contributed by atoms with Crippen LogP contribution < -0.4 is 10.6 Å². The van der Waals surface area contributed by atoms with Crippen molar-refractivity contribution in [1.29, 1.82) is 0 Å². The van der Waals surface area contributed by atoms with Crippen molar-refractivity contribution in [3.05, 3.63) is 23.9 Å². The molecule has 2 N–H and O–H groups in total. The Morgan fingerprint density at radius 2 is 1.89 bits per heavy atom. The Labute approximate surface area is 116 Å². The van der Waals surface area contributed by atoms with Gasteiger partial charge < -0.3 is 10.6 Å². The van der Waals surface area contributed by atoms with Crippen LogP contribution in [-0.4, -0.2) is 42.1 Å². The molecule has 1 saturated heterocycles. The smallest absolute Gasteiger partial charge is 0.128 e. The zero-order valence-electron chi connectivity index (χ0n) is 12.3. The summed E-state index contributed by atoms with van der Waals surface area (Å²) in [4.78, 5) is 9.47. The zero-order valence-corrected chi connectivity index (χ0v) is 12.3.